The van der Waals surface area contributed by atoms with Crippen LogP contribution in [-0.4, -0.2) is 37.0 Å². The zero-order valence-electron chi connectivity index (χ0n) is 18.7. The molecule has 0 saturated carbocycles. The number of anilines is 1. The monoisotopic (exact) mass is 463 g/mol. The molecule has 2 heterocycles. The Labute approximate surface area is 195 Å². The summed E-state index contributed by atoms with van der Waals surface area (Å²) in [5, 5.41) is 5.51. The molecule has 9 nitrogen and oxygen atoms in total. The smallest absolute Gasteiger partial charge is 0.407 e. The summed E-state index contributed by atoms with van der Waals surface area (Å²) in [5.41, 5.74) is 2.38. The first-order valence-electron chi connectivity index (χ1n) is 11.0. The van der Waals surface area contributed by atoms with Crippen molar-refractivity contribution in [3.63, 3.8) is 0 Å². The van der Waals surface area contributed by atoms with Gasteiger partial charge in [-0.15, -0.1) is 0 Å². The zero-order valence-corrected chi connectivity index (χ0v) is 18.7. The molecular weight excluding hydrogens is 438 g/mol. The summed E-state index contributed by atoms with van der Waals surface area (Å²) in [7, 11) is 0. The summed E-state index contributed by atoms with van der Waals surface area (Å²) in [4.78, 5) is 50.4. The number of rotatable bonds is 6. The predicted octanol–water partition coefficient (Wildman–Crippen LogP) is 2.64. The lowest BCUT2D eigenvalue weighted by Crippen LogP contribution is -2.48. The van der Waals surface area contributed by atoms with E-state index in [0.717, 1.165) is 28.6 Å². The molecule has 1 aliphatic rings. The van der Waals surface area contributed by atoms with Gasteiger partial charge in [-0.2, -0.15) is 0 Å². The number of aryl methyl sites for hydroxylation is 1. The van der Waals surface area contributed by atoms with E-state index in [9.17, 15) is 19.2 Å². The van der Waals surface area contributed by atoms with Crippen LogP contribution in [0.4, 0.5) is 10.5 Å². The molecule has 34 heavy (non-hydrogen) atoms. The fourth-order valence-corrected chi connectivity index (χ4v) is 4.03. The molecule has 4 rings (SSSR count). The van der Waals surface area contributed by atoms with Crippen LogP contribution in [0.5, 0.6) is 0 Å². The van der Waals surface area contributed by atoms with E-state index in [-0.39, 0.29) is 13.2 Å². The molecule has 0 bridgehead atoms. The van der Waals surface area contributed by atoms with Crippen LogP contribution in [-0.2, 0) is 20.9 Å². The minimum Gasteiger partial charge on any atom is -0.445 e. The molecule has 176 valence electrons. The summed E-state index contributed by atoms with van der Waals surface area (Å²) >= 11 is 0. The van der Waals surface area contributed by atoms with E-state index in [1.54, 1.807) is 6.07 Å². The number of alkyl carbamates (subject to hydrolysis) is 1. The van der Waals surface area contributed by atoms with Crippen molar-refractivity contribution in [2.45, 2.75) is 32.4 Å². The first-order valence-corrected chi connectivity index (χ1v) is 11.0. The number of carbonyl (C=O) groups is 3. The second-order valence-electron chi connectivity index (χ2n) is 8.11. The average Bonchev–Trinajstić information content (AvgIpc) is 3.32. The van der Waals surface area contributed by atoms with Gasteiger partial charge in [-0.3, -0.25) is 14.9 Å². The summed E-state index contributed by atoms with van der Waals surface area (Å²) < 4.78 is 10.4. The Morgan fingerprint density at radius 2 is 1.91 bits per heavy atom. The van der Waals surface area contributed by atoms with Gasteiger partial charge in [-0.1, -0.05) is 30.3 Å². The molecule has 3 aromatic rings. The fraction of sp³-hybridized carbons (Fsp3) is 0.280. The summed E-state index contributed by atoms with van der Waals surface area (Å²) in [6, 6.07) is 15.5. The number of nitrogens with zero attached hydrogens (tertiary/aromatic N) is 1. The van der Waals surface area contributed by atoms with Crippen LogP contribution in [0.3, 0.4) is 0 Å². The van der Waals surface area contributed by atoms with Gasteiger partial charge >= 0.3 is 11.7 Å². The molecular formula is C25H25N3O6. The maximum absolute atomic E-state index is 12.8. The van der Waals surface area contributed by atoms with Gasteiger partial charge in [-0.05, 0) is 43.0 Å². The number of imide groups is 1. The third-order valence-corrected chi connectivity index (χ3v) is 5.69. The predicted molar refractivity (Wildman–Crippen MR) is 125 cm³/mol. The molecule has 0 spiro atoms. The minimum atomic E-state index is -0.748. The van der Waals surface area contributed by atoms with E-state index in [1.165, 1.54) is 6.07 Å². The van der Waals surface area contributed by atoms with Crippen molar-refractivity contribution < 1.29 is 23.5 Å². The van der Waals surface area contributed by atoms with Crippen LogP contribution in [0, 0.1) is 6.92 Å². The highest BCUT2D eigenvalue weighted by molar-refractivity contribution is 6.01. The van der Waals surface area contributed by atoms with Crippen LogP contribution in [0.1, 0.15) is 24.0 Å². The number of hydrogen-bond acceptors (Lipinski definition) is 7. The highest BCUT2D eigenvalue weighted by atomic mass is 16.5. The molecule has 1 saturated heterocycles. The average molecular weight is 463 g/mol. The van der Waals surface area contributed by atoms with E-state index in [2.05, 4.69) is 10.6 Å². The standard InChI is InChI=1S/C25H25N3O6/c1-16-12-23(30)34-21-13-18(9-10-19(16)21)28-11-5-8-20(28)24(31)27-22(29)14-26-25(32)33-15-17-6-3-2-4-7-17/h2-4,6-7,9-10,12-13,20H,5,8,11,14-15H2,1H3,(H,26,32)(H,27,29,31)/t20-/m0/s1. The summed E-state index contributed by atoms with van der Waals surface area (Å²) in [6.45, 7) is 2.15. The Bertz CT molecular complexity index is 1270. The van der Waals surface area contributed by atoms with Crippen molar-refractivity contribution in [3.05, 3.63) is 76.1 Å². The van der Waals surface area contributed by atoms with Crippen molar-refractivity contribution in [1.82, 2.24) is 10.6 Å². The molecule has 0 unspecified atom stereocenters. The number of amides is 3. The van der Waals surface area contributed by atoms with E-state index in [4.69, 9.17) is 9.15 Å². The third-order valence-electron chi connectivity index (χ3n) is 5.69. The normalized spacial score (nSPS) is 15.2. The van der Waals surface area contributed by atoms with Crippen LogP contribution < -0.4 is 21.2 Å². The Balaban J connectivity index is 1.32. The van der Waals surface area contributed by atoms with Crippen molar-refractivity contribution in [2.75, 3.05) is 18.0 Å². The van der Waals surface area contributed by atoms with Crippen LogP contribution >= 0.6 is 0 Å². The lowest BCUT2D eigenvalue weighted by atomic mass is 10.1. The van der Waals surface area contributed by atoms with Gasteiger partial charge in [0.2, 0.25) is 11.8 Å². The molecule has 2 N–H and O–H groups in total. The maximum Gasteiger partial charge on any atom is 0.407 e. The van der Waals surface area contributed by atoms with Gasteiger partial charge in [0.15, 0.2) is 0 Å². The molecule has 2 aromatic carbocycles. The van der Waals surface area contributed by atoms with Crippen molar-refractivity contribution in [3.8, 4) is 0 Å². The lowest BCUT2D eigenvalue weighted by molar-refractivity contribution is -0.130. The maximum atomic E-state index is 12.8. The van der Waals surface area contributed by atoms with Gasteiger partial charge < -0.3 is 19.4 Å². The SMILES string of the molecule is Cc1cc(=O)oc2cc(N3CCC[C@H]3C(=O)NC(=O)CNC(=O)OCc3ccccc3)ccc12. The number of carbonyl (C=O) groups excluding carboxylic acids is 3. The van der Waals surface area contributed by atoms with Gasteiger partial charge in [0.1, 0.15) is 24.8 Å². The van der Waals surface area contributed by atoms with Gasteiger partial charge in [0.05, 0.1) is 0 Å². The highest BCUT2D eigenvalue weighted by Crippen LogP contribution is 2.29. The van der Waals surface area contributed by atoms with E-state index in [1.807, 2.05) is 54.3 Å². The molecule has 1 aromatic heterocycles. The van der Waals surface area contributed by atoms with Crippen molar-refractivity contribution in [1.29, 1.82) is 0 Å². The first-order chi connectivity index (χ1) is 16.4. The minimum absolute atomic E-state index is 0.0790. The lowest BCUT2D eigenvalue weighted by Gasteiger charge is -2.26. The van der Waals surface area contributed by atoms with E-state index >= 15 is 0 Å². The molecule has 9 heteroatoms. The summed E-state index contributed by atoms with van der Waals surface area (Å²) in [5.74, 6) is -1.08. The van der Waals surface area contributed by atoms with Crippen LogP contribution in [0.15, 0.2) is 63.8 Å². The zero-order chi connectivity index (χ0) is 24.1. The Hall–Kier alpha value is -4.14. The van der Waals surface area contributed by atoms with Crippen LogP contribution in [0.25, 0.3) is 11.0 Å². The van der Waals surface area contributed by atoms with Crippen molar-refractivity contribution in [2.24, 2.45) is 0 Å². The van der Waals surface area contributed by atoms with E-state index < -0.39 is 29.6 Å². The molecule has 0 radical (unpaired) electrons. The van der Waals surface area contributed by atoms with Gasteiger partial charge in [0, 0.05) is 29.8 Å². The molecule has 3 amide bonds. The van der Waals surface area contributed by atoms with Crippen molar-refractivity contribution >= 4 is 34.6 Å². The topological polar surface area (TPSA) is 118 Å². The number of hydrogen-bond donors (Lipinski definition) is 2. The first kappa shape index (κ1) is 23.0. The number of ether oxygens (including phenoxy) is 1. The van der Waals surface area contributed by atoms with Crippen LogP contribution in [0.2, 0.25) is 0 Å². The Morgan fingerprint density at radius 3 is 2.71 bits per heavy atom. The molecule has 0 aliphatic carbocycles. The largest absolute Gasteiger partial charge is 0.445 e. The molecule has 1 atom stereocenters. The highest BCUT2D eigenvalue weighted by Gasteiger charge is 2.32. The van der Waals surface area contributed by atoms with Gasteiger partial charge in [0.25, 0.3) is 0 Å². The number of benzene rings is 2. The summed E-state index contributed by atoms with van der Waals surface area (Å²) in [6.07, 6.45) is 0.593. The van der Waals surface area contributed by atoms with E-state index in [0.29, 0.717) is 18.5 Å². The number of nitrogens with one attached hydrogen (secondary N) is 2. The third kappa shape index (κ3) is 5.43. The molecule has 1 fully saturated rings. The van der Waals surface area contributed by atoms with Gasteiger partial charge in [-0.25, -0.2) is 9.59 Å². The second-order valence-corrected chi connectivity index (χ2v) is 8.11. The molecule has 1 aliphatic heterocycles. The Kier molecular flexibility index (Phi) is 6.91. The quantitative estimate of drug-likeness (QED) is 0.540. The second kappa shape index (κ2) is 10.2. The number of fused-ring (bicyclic) bond motifs is 1. The fourth-order valence-electron chi connectivity index (χ4n) is 4.03. The Morgan fingerprint density at radius 1 is 1.12 bits per heavy atom.